The molecule has 1 unspecified atom stereocenters. The fraction of sp³-hybridized carbons (Fsp3) is 0.192. The number of hydrogen-bond acceptors (Lipinski definition) is 4. The van der Waals surface area contributed by atoms with E-state index < -0.39 is 5.92 Å². The van der Waals surface area contributed by atoms with Crippen molar-refractivity contribution in [1.29, 1.82) is 0 Å². The van der Waals surface area contributed by atoms with Crippen LogP contribution in [0.3, 0.4) is 0 Å². The molecule has 1 saturated heterocycles. The summed E-state index contributed by atoms with van der Waals surface area (Å²) in [6, 6.07) is 21.4. The maximum absolute atomic E-state index is 13.5. The molecule has 0 bridgehead atoms. The van der Waals surface area contributed by atoms with Crippen LogP contribution in [-0.2, 0) is 22.7 Å². The lowest BCUT2D eigenvalue weighted by Gasteiger charge is -2.25. The predicted molar refractivity (Wildman–Crippen MR) is 122 cm³/mol. The van der Waals surface area contributed by atoms with Gasteiger partial charge in [0.2, 0.25) is 11.8 Å². The minimum atomic E-state index is -0.409. The molecule has 0 aliphatic carbocycles. The third kappa shape index (κ3) is 3.99. The van der Waals surface area contributed by atoms with Gasteiger partial charge in [-0.05, 0) is 35.2 Å². The lowest BCUT2D eigenvalue weighted by atomic mass is 10.1. The third-order valence-electron chi connectivity index (χ3n) is 5.87. The van der Waals surface area contributed by atoms with Crippen molar-refractivity contribution in [3.8, 4) is 0 Å². The minimum Gasteiger partial charge on any atom is -0.467 e. The van der Waals surface area contributed by atoms with Crippen LogP contribution in [0.4, 0.5) is 5.69 Å². The fourth-order valence-electron chi connectivity index (χ4n) is 4.32. The monoisotopic (exact) mass is 425 g/mol. The predicted octanol–water partition coefficient (Wildman–Crippen LogP) is 4.41. The quantitative estimate of drug-likeness (QED) is 0.459. The second-order valence-electron chi connectivity index (χ2n) is 8.04. The lowest BCUT2D eigenvalue weighted by Crippen LogP contribution is -2.36. The lowest BCUT2D eigenvalue weighted by molar-refractivity contribution is -0.137. The second-order valence-corrected chi connectivity index (χ2v) is 8.04. The highest BCUT2D eigenvalue weighted by Gasteiger charge is 2.38. The van der Waals surface area contributed by atoms with E-state index in [1.54, 1.807) is 28.5 Å². The van der Waals surface area contributed by atoms with E-state index in [2.05, 4.69) is 4.98 Å². The minimum absolute atomic E-state index is 0.0287. The molecule has 6 nitrogen and oxygen atoms in total. The number of fused-ring (bicyclic) bond motifs is 1. The number of carbonyl (C=O) groups is 2. The molecule has 0 spiro atoms. The summed E-state index contributed by atoms with van der Waals surface area (Å²) in [6.07, 6.45) is 5.26. The molecule has 32 heavy (non-hydrogen) atoms. The van der Waals surface area contributed by atoms with Crippen LogP contribution in [0.5, 0.6) is 0 Å². The van der Waals surface area contributed by atoms with Crippen molar-refractivity contribution in [3.05, 3.63) is 96.7 Å². The molecule has 160 valence electrons. The molecule has 3 heterocycles. The summed E-state index contributed by atoms with van der Waals surface area (Å²) in [5.74, 6) is 0.214. The van der Waals surface area contributed by atoms with Crippen molar-refractivity contribution in [2.75, 3.05) is 11.4 Å². The van der Waals surface area contributed by atoms with Crippen LogP contribution in [-0.4, -0.2) is 28.2 Å². The van der Waals surface area contributed by atoms with Crippen molar-refractivity contribution in [2.24, 2.45) is 5.92 Å². The van der Waals surface area contributed by atoms with E-state index >= 15 is 0 Å². The summed E-state index contributed by atoms with van der Waals surface area (Å²) in [4.78, 5) is 34.2. The van der Waals surface area contributed by atoms with Crippen LogP contribution < -0.4 is 4.90 Å². The fourth-order valence-corrected chi connectivity index (χ4v) is 4.32. The number of amides is 2. The van der Waals surface area contributed by atoms with Gasteiger partial charge in [-0.15, -0.1) is 0 Å². The van der Waals surface area contributed by atoms with E-state index in [1.807, 2.05) is 66.7 Å². The van der Waals surface area contributed by atoms with Crippen molar-refractivity contribution >= 4 is 28.3 Å². The summed E-state index contributed by atoms with van der Waals surface area (Å²) in [7, 11) is 0. The Bertz CT molecular complexity index is 1230. The molecular weight excluding hydrogens is 402 g/mol. The highest BCUT2D eigenvalue weighted by Crippen LogP contribution is 2.32. The topological polar surface area (TPSA) is 66.7 Å². The van der Waals surface area contributed by atoms with Crippen LogP contribution in [0, 0.1) is 5.92 Å². The average Bonchev–Trinajstić information content (AvgIpc) is 3.48. The van der Waals surface area contributed by atoms with Gasteiger partial charge in [-0.25, -0.2) is 0 Å². The SMILES string of the molecule is O=C(C1CC(=O)N(c2cccc3ccccc23)C1)N(Cc1cccnc1)Cc1ccco1. The summed E-state index contributed by atoms with van der Waals surface area (Å²) < 4.78 is 5.49. The Labute approximate surface area is 186 Å². The van der Waals surface area contributed by atoms with E-state index in [9.17, 15) is 9.59 Å². The van der Waals surface area contributed by atoms with Gasteiger partial charge in [-0.2, -0.15) is 0 Å². The van der Waals surface area contributed by atoms with E-state index in [4.69, 9.17) is 4.42 Å². The first-order chi connectivity index (χ1) is 15.7. The van der Waals surface area contributed by atoms with E-state index in [0.717, 1.165) is 22.0 Å². The number of aromatic nitrogens is 1. The number of pyridine rings is 1. The summed E-state index contributed by atoms with van der Waals surface area (Å²) in [6.45, 7) is 1.12. The van der Waals surface area contributed by atoms with Crippen LogP contribution in [0.1, 0.15) is 17.7 Å². The van der Waals surface area contributed by atoms with Crippen LogP contribution in [0.15, 0.2) is 89.8 Å². The smallest absolute Gasteiger partial charge is 0.228 e. The molecule has 1 aliphatic rings. The summed E-state index contributed by atoms with van der Waals surface area (Å²) in [5, 5.41) is 2.09. The number of nitrogens with zero attached hydrogens (tertiary/aromatic N) is 3. The Hall–Kier alpha value is -3.93. The second kappa shape index (κ2) is 8.67. The molecule has 1 fully saturated rings. The third-order valence-corrected chi connectivity index (χ3v) is 5.87. The maximum atomic E-state index is 13.5. The highest BCUT2D eigenvalue weighted by atomic mass is 16.3. The highest BCUT2D eigenvalue weighted by molar-refractivity contribution is 6.07. The van der Waals surface area contributed by atoms with E-state index in [-0.39, 0.29) is 18.2 Å². The molecule has 4 aromatic rings. The number of anilines is 1. The molecule has 2 aromatic carbocycles. The van der Waals surface area contributed by atoms with Gasteiger partial charge in [0.25, 0.3) is 0 Å². The van der Waals surface area contributed by atoms with Crippen molar-refractivity contribution in [2.45, 2.75) is 19.5 Å². The van der Waals surface area contributed by atoms with Gasteiger partial charge < -0.3 is 14.2 Å². The average molecular weight is 425 g/mol. The first kappa shape index (κ1) is 20.0. The van der Waals surface area contributed by atoms with Gasteiger partial charge in [0.15, 0.2) is 0 Å². The molecule has 2 amide bonds. The Morgan fingerprint density at radius 3 is 2.72 bits per heavy atom. The van der Waals surface area contributed by atoms with Gasteiger partial charge in [-0.1, -0.05) is 42.5 Å². The Kier molecular flexibility index (Phi) is 5.42. The van der Waals surface area contributed by atoms with Crippen LogP contribution in [0.25, 0.3) is 10.8 Å². The molecule has 1 atom stereocenters. The van der Waals surface area contributed by atoms with Gasteiger partial charge in [0, 0.05) is 37.3 Å². The molecule has 0 radical (unpaired) electrons. The molecular formula is C26H23N3O3. The first-order valence-corrected chi connectivity index (χ1v) is 10.7. The zero-order chi connectivity index (χ0) is 21.9. The largest absolute Gasteiger partial charge is 0.467 e. The number of hydrogen-bond donors (Lipinski definition) is 0. The zero-order valence-electron chi connectivity index (χ0n) is 17.6. The molecule has 0 N–H and O–H groups in total. The van der Waals surface area contributed by atoms with E-state index in [0.29, 0.717) is 25.4 Å². The van der Waals surface area contributed by atoms with Crippen molar-refractivity contribution in [3.63, 3.8) is 0 Å². The summed E-state index contributed by atoms with van der Waals surface area (Å²) >= 11 is 0. The number of carbonyl (C=O) groups excluding carboxylic acids is 2. The van der Waals surface area contributed by atoms with E-state index in [1.165, 1.54) is 0 Å². The van der Waals surface area contributed by atoms with Crippen molar-refractivity contribution < 1.29 is 14.0 Å². The molecule has 5 rings (SSSR count). The van der Waals surface area contributed by atoms with Gasteiger partial charge >= 0.3 is 0 Å². The van der Waals surface area contributed by atoms with Crippen LogP contribution >= 0.6 is 0 Å². The van der Waals surface area contributed by atoms with Gasteiger partial charge in [0.1, 0.15) is 5.76 Å². The van der Waals surface area contributed by atoms with Crippen LogP contribution in [0.2, 0.25) is 0 Å². The molecule has 2 aromatic heterocycles. The molecule has 0 saturated carbocycles. The Balaban J connectivity index is 1.40. The molecule has 6 heteroatoms. The Morgan fingerprint density at radius 1 is 1.03 bits per heavy atom. The number of rotatable bonds is 6. The van der Waals surface area contributed by atoms with Gasteiger partial charge in [0.05, 0.1) is 24.4 Å². The van der Waals surface area contributed by atoms with Crippen molar-refractivity contribution in [1.82, 2.24) is 9.88 Å². The first-order valence-electron chi connectivity index (χ1n) is 10.7. The zero-order valence-corrected chi connectivity index (χ0v) is 17.6. The normalized spacial score (nSPS) is 15.9. The summed E-state index contributed by atoms with van der Waals surface area (Å²) in [5.41, 5.74) is 1.79. The molecule has 1 aliphatic heterocycles. The Morgan fingerprint density at radius 2 is 1.91 bits per heavy atom. The standard InChI is InChI=1S/C26H23N3O3/c30-25-14-21(17-29(25)24-11-3-8-20-7-1-2-10-23(20)24)26(31)28(18-22-9-5-13-32-22)16-19-6-4-12-27-15-19/h1-13,15,21H,14,16-18H2. The number of furan rings is 1. The van der Waals surface area contributed by atoms with Gasteiger partial charge in [-0.3, -0.25) is 14.6 Å². The maximum Gasteiger partial charge on any atom is 0.228 e. The number of benzene rings is 2.